The fourth-order valence-corrected chi connectivity index (χ4v) is 5.39. The minimum atomic E-state index is -1.02. The van der Waals surface area contributed by atoms with Crippen LogP contribution < -0.4 is 14.8 Å². The number of carbonyl (C=O) groups is 2. The van der Waals surface area contributed by atoms with Crippen LogP contribution >= 0.6 is 0 Å². The van der Waals surface area contributed by atoms with Gasteiger partial charge in [-0.1, -0.05) is 37.1 Å². The van der Waals surface area contributed by atoms with Gasteiger partial charge in [0, 0.05) is 23.5 Å². The van der Waals surface area contributed by atoms with Gasteiger partial charge < -0.3 is 24.3 Å². The smallest absolute Gasteiger partial charge is 0.271 e. The van der Waals surface area contributed by atoms with E-state index in [2.05, 4.69) is 5.32 Å². The summed E-state index contributed by atoms with van der Waals surface area (Å²) in [6.45, 7) is 2.80. The largest absolute Gasteiger partial charge is 0.454 e. The van der Waals surface area contributed by atoms with E-state index in [4.69, 9.17) is 9.47 Å². The number of rotatable bonds is 4. The Kier molecular flexibility index (Phi) is 4.60. The Labute approximate surface area is 192 Å². The lowest BCUT2D eigenvalue weighted by atomic mass is 9.93. The number of benzene rings is 2. The third-order valence-corrected chi connectivity index (χ3v) is 7.29. The van der Waals surface area contributed by atoms with Crippen molar-refractivity contribution in [3.63, 3.8) is 0 Å². The van der Waals surface area contributed by atoms with E-state index in [1.807, 2.05) is 60.0 Å². The van der Waals surface area contributed by atoms with Crippen molar-refractivity contribution in [2.45, 2.75) is 57.3 Å². The molecule has 1 aromatic heterocycles. The first kappa shape index (κ1) is 20.1. The first-order chi connectivity index (χ1) is 16.0. The lowest BCUT2D eigenvalue weighted by Crippen LogP contribution is -2.64. The lowest BCUT2D eigenvalue weighted by molar-refractivity contribution is -0.133. The van der Waals surface area contributed by atoms with Crippen molar-refractivity contribution in [3.05, 3.63) is 59.8 Å². The van der Waals surface area contributed by atoms with E-state index in [-0.39, 0.29) is 24.6 Å². The average Bonchev–Trinajstić information content (AvgIpc) is 3.56. The van der Waals surface area contributed by atoms with Gasteiger partial charge in [0.05, 0.1) is 6.54 Å². The molecule has 1 atom stereocenters. The number of fused-ring (bicyclic) bond motifs is 4. The van der Waals surface area contributed by atoms with Gasteiger partial charge in [-0.15, -0.1) is 0 Å². The second-order valence-electron chi connectivity index (χ2n) is 9.48. The fourth-order valence-electron chi connectivity index (χ4n) is 5.39. The Bertz CT molecular complexity index is 1260. The molecule has 7 nitrogen and oxygen atoms in total. The van der Waals surface area contributed by atoms with Gasteiger partial charge in [0.2, 0.25) is 12.7 Å². The molecule has 0 spiro atoms. The molecule has 6 rings (SSSR count). The SMILES string of the molecule is CC1(C(=O)NC2CCCC2)Cn2c(cc3ccccc32)C(=O)N1Cc1ccc2c(c1)OCO2. The van der Waals surface area contributed by atoms with Gasteiger partial charge >= 0.3 is 0 Å². The summed E-state index contributed by atoms with van der Waals surface area (Å²) in [6.07, 6.45) is 4.26. The standard InChI is InChI=1S/C26H27N3O4/c1-26(25(31)27-19-7-3-4-8-19)15-28-20-9-5-2-6-18(20)13-21(28)24(30)29(26)14-17-10-11-22-23(12-17)33-16-32-22/h2,5-6,9-13,19H,3-4,7-8,14-16H2,1H3,(H,27,31). The van der Waals surface area contributed by atoms with Crippen molar-refractivity contribution in [2.75, 3.05) is 6.79 Å². The first-order valence-corrected chi connectivity index (χ1v) is 11.6. The molecule has 2 aromatic carbocycles. The molecule has 1 fully saturated rings. The maximum absolute atomic E-state index is 13.9. The second kappa shape index (κ2) is 7.54. The average molecular weight is 446 g/mol. The number of hydrogen-bond donors (Lipinski definition) is 1. The molecule has 1 aliphatic carbocycles. The van der Waals surface area contributed by atoms with E-state index < -0.39 is 5.54 Å². The second-order valence-corrected chi connectivity index (χ2v) is 9.48. The Morgan fingerprint density at radius 1 is 1.09 bits per heavy atom. The number of hydrogen-bond acceptors (Lipinski definition) is 4. The minimum absolute atomic E-state index is 0.0908. The van der Waals surface area contributed by atoms with Crippen molar-refractivity contribution in [1.29, 1.82) is 0 Å². The number of carbonyl (C=O) groups excluding carboxylic acids is 2. The molecule has 7 heteroatoms. The molecule has 0 bridgehead atoms. The lowest BCUT2D eigenvalue weighted by Gasteiger charge is -2.44. The van der Waals surface area contributed by atoms with Crippen LogP contribution in [0.2, 0.25) is 0 Å². The molecule has 3 heterocycles. The Balaban J connectivity index is 1.40. The van der Waals surface area contributed by atoms with Gasteiger partial charge in [-0.05, 0) is 49.6 Å². The van der Waals surface area contributed by atoms with E-state index in [1.54, 1.807) is 4.90 Å². The maximum Gasteiger partial charge on any atom is 0.271 e. The zero-order chi connectivity index (χ0) is 22.6. The Morgan fingerprint density at radius 3 is 2.73 bits per heavy atom. The van der Waals surface area contributed by atoms with Gasteiger partial charge in [0.1, 0.15) is 11.2 Å². The molecule has 0 radical (unpaired) electrons. The third-order valence-electron chi connectivity index (χ3n) is 7.29. The van der Waals surface area contributed by atoms with Gasteiger partial charge in [-0.2, -0.15) is 0 Å². The van der Waals surface area contributed by atoms with Gasteiger partial charge in [0.25, 0.3) is 5.91 Å². The molecule has 3 aromatic rings. The van der Waals surface area contributed by atoms with Crippen LogP contribution in [0.15, 0.2) is 48.5 Å². The monoisotopic (exact) mass is 445 g/mol. The van der Waals surface area contributed by atoms with Crippen LogP contribution in [0.5, 0.6) is 11.5 Å². The van der Waals surface area contributed by atoms with E-state index in [9.17, 15) is 9.59 Å². The molecule has 3 aliphatic rings. The topological polar surface area (TPSA) is 72.8 Å². The summed E-state index contributed by atoms with van der Waals surface area (Å²) in [7, 11) is 0. The summed E-state index contributed by atoms with van der Waals surface area (Å²) in [4.78, 5) is 29.3. The summed E-state index contributed by atoms with van der Waals surface area (Å²) in [6, 6.07) is 15.7. The van der Waals surface area contributed by atoms with Crippen molar-refractivity contribution >= 4 is 22.7 Å². The normalized spacial score (nSPS) is 22.1. The van der Waals surface area contributed by atoms with Gasteiger partial charge in [0.15, 0.2) is 11.5 Å². The van der Waals surface area contributed by atoms with Crippen molar-refractivity contribution in [1.82, 2.24) is 14.8 Å². The van der Waals surface area contributed by atoms with Crippen LogP contribution in [-0.4, -0.2) is 39.7 Å². The molecule has 2 amide bonds. The highest BCUT2D eigenvalue weighted by atomic mass is 16.7. The number of ether oxygens (including phenoxy) is 2. The maximum atomic E-state index is 13.9. The summed E-state index contributed by atoms with van der Waals surface area (Å²) < 4.78 is 13.0. The van der Waals surface area contributed by atoms with Crippen LogP contribution in [-0.2, 0) is 17.9 Å². The molecule has 1 unspecified atom stereocenters. The van der Waals surface area contributed by atoms with Crippen molar-refractivity contribution < 1.29 is 19.1 Å². The highest BCUT2D eigenvalue weighted by Gasteiger charge is 2.48. The zero-order valence-corrected chi connectivity index (χ0v) is 18.7. The minimum Gasteiger partial charge on any atom is -0.454 e. The first-order valence-electron chi connectivity index (χ1n) is 11.6. The van der Waals surface area contributed by atoms with Gasteiger partial charge in [-0.25, -0.2) is 0 Å². The van der Waals surface area contributed by atoms with Crippen LogP contribution in [0.1, 0.15) is 48.7 Å². The number of nitrogens with zero attached hydrogens (tertiary/aromatic N) is 2. The third kappa shape index (κ3) is 3.25. The van der Waals surface area contributed by atoms with E-state index in [0.29, 0.717) is 30.3 Å². The molecular weight excluding hydrogens is 418 g/mol. The predicted octanol–water partition coefficient (Wildman–Crippen LogP) is 3.84. The van der Waals surface area contributed by atoms with Gasteiger partial charge in [-0.3, -0.25) is 9.59 Å². The van der Waals surface area contributed by atoms with Crippen molar-refractivity contribution in [3.8, 4) is 11.5 Å². The van der Waals surface area contributed by atoms with Crippen molar-refractivity contribution in [2.24, 2.45) is 0 Å². The highest BCUT2D eigenvalue weighted by Crippen LogP contribution is 2.36. The summed E-state index contributed by atoms with van der Waals surface area (Å²) >= 11 is 0. The zero-order valence-electron chi connectivity index (χ0n) is 18.7. The van der Waals surface area contributed by atoms with E-state index in [1.165, 1.54) is 0 Å². The van der Waals surface area contributed by atoms with Crippen LogP contribution in [0.3, 0.4) is 0 Å². The molecule has 1 N–H and O–H groups in total. The predicted molar refractivity (Wildman–Crippen MR) is 123 cm³/mol. The van der Waals surface area contributed by atoms with E-state index in [0.717, 1.165) is 42.1 Å². The Morgan fingerprint density at radius 2 is 1.88 bits per heavy atom. The summed E-state index contributed by atoms with van der Waals surface area (Å²) in [5.74, 6) is 1.14. The quantitative estimate of drug-likeness (QED) is 0.662. The van der Waals surface area contributed by atoms with Crippen LogP contribution in [0.25, 0.3) is 10.9 Å². The molecule has 33 heavy (non-hydrogen) atoms. The molecule has 170 valence electrons. The fraction of sp³-hybridized carbons (Fsp3) is 0.385. The number of nitrogens with one attached hydrogen (secondary N) is 1. The number of aromatic nitrogens is 1. The van der Waals surface area contributed by atoms with Crippen LogP contribution in [0.4, 0.5) is 0 Å². The summed E-state index contributed by atoms with van der Waals surface area (Å²) in [5, 5.41) is 4.25. The molecule has 2 aliphatic heterocycles. The number of amides is 2. The molecular formula is C26H27N3O4. The Hall–Kier alpha value is -3.48. The highest BCUT2D eigenvalue weighted by molar-refractivity contribution is 6.03. The van der Waals surface area contributed by atoms with E-state index >= 15 is 0 Å². The molecule has 1 saturated carbocycles. The summed E-state index contributed by atoms with van der Waals surface area (Å²) in [5.41, 5.74) is 1.47. The van der Waals surface area contributed by atoms with Crippen LogP contribution in [0, 0.1) is 0 Å². The number of para-hydroxylation sites is 1. The molecule has 0 saturated heterocycles.